The van der Waals surface area contributed by atoms with Crippen molar-refractivity contribution >= 4 is 19.3 Å². The molecule has 0 amide bonds. The Morgan fingerprint density at radius 2 is 2.31 bits per heavy atom. The van der Waals surface area contributed by atoms with Gasteiger partial charge < -0.3 is 9.79 Å². The number of halogens is 2. The number of aromatic nitrogens is 1. The normalized spacial score (nSPS) is 16.7. The van der Waals surface area contributed by atoms with Crippen LogP contribution in [0.5, 0.6) is 0 Å². The van der Waals surface area contributed by atoms with Crippen LogP contribution in [-0.4, -0.2) is 25.1 Å². The first-order valence-corrected chi connectivity index (χ1v) is 4.82. The molecule has 0 saturated carbocycles. The summed E-state index contributed by atoms with van der Waals surface area (Å²) >= 11 is 0. The highest BCUT2D eigenvalue weighted by Crippen LogP contribution is 2.21. The molecule has 82 valence electrons. The molecule has 0 bridgehead atoms. The minimum Gasteiger partial charge on any atom is -0.385 e. The summed E-state index contributed by atoms with van der Waals surface area (Å²) in [5, 5.41) is 2.90. The van der Waals surface area contributed by atoms with Crippen LogP contribution < -0.4 is 5.32 Å². The van der Waals surface area contributed by atoms with Gasteiger partial charge in [0.05, 0.1) is 17.1 Å². The van der Waals surface area contributed by atoms with Crippen molar-refractivity contribution in [1.82, 2.24) is 9.79 Å². The van der Waals surface area contributed by atoms with Crippen LogP contribution in [0.1, 0.15) is 5.69 Å². The maximum atomic E-state index is 12.7. The Hall–Kier alpha value is -1.85. The molecule has 2 heterocycles. The zero-order valence-electron chi connectivity index (χ0n) is 8.69. The van der Waals surface area contributed by atoms with Crippen LogP contribution in [0.3, 0.4) is 0 Å². The van der Waals surface area contributed by atoms with Crippen LogP contribution in [0.4, 0.5) is 8.63 Å². The molecule has 0 spiro atoms. The van der Waals surface area contributed by atoms with Crippen LogP contribution in [0, 0.1) is 0 Å². The Bertz CT molecular complexity index is 460. The van der Waals surface area contributed by atoms with E-state index in [1.165, 1.54) is 6.20 Å². The van der Waals surface area contributed by atoms with Crippen LogP contribution in [0.2, 0.25) is 0 Å². The lowest BCUT2D eigenvalue weighted by Crippen LogP contribution is -2.18. The number of hydrogen-bond donors (Lipinski definition) is 1. The van der Waals surface area contributed by atoms with Gasteiger partial charge in [-0.1, -0.05) is 0 Å². The average molecular weight is 221 g/mol. The zero-order valence-corrected chi connectivity index (χ0v) is 8.69. The minimum absolute atomic E-state index is 0.427. The first-order chi connectivity index (χ1) is 7.74. The number of allylic oxidation sites excluding steroid dienone is 2. The Morgan fingerprint density at radius 3 is 2.88 bits per heavy atom. The van der Waals surface area contributed by atoms with E-state index in [-0.39, 0.29) is 0 Å². The second-order valence-corrected chi connectivity index (χ2v) is 3.23. The summed E-state index contributed by atoms with van der Waals surface area (Å²) in [7, 11) is -0.865. The van der Waals surface area contributed by atoms with E-state index in [0.29, 0.717) is 17.1 Å². The molecule has 1 N–H and O–H groups in total. The van der Waals surface area contributed by atoms with Gasteiger partial charge in [0, 0.05) is 13.3 Å². The van der Waals surface area contributed by atoms with Crippen molar-refractivity contribution in [2.24, 2.45) is 4.99 Å². The van der Waals surface area contributed by atoms with Crippen LogP contribution in [0.25, 0.3) is 5.70 Å². The van der Waals surface area contributed by atoms with Crippen molar-refractivity contribution < 1.29 is 8.63 Å². The summed E-state index contributed by atoms with van der Waals surface area (Å²) in [4.78, 5) is 4.09. The van der Waals surface area contributed by atoms with Crippen LogP contribution in [-0.2, 0) is 0 Å². The van der Waals surface area contributed by atoms with Gasteiger partial charge in [-0.3, -0.25) is 13.6 Å². The Morgan fingerprint density at radius 1 is 1.50 bits per heavy atom. The van der Waals surface area contributed by atoms with Gasteiger partial charge in [0.15, 0.2) is 0 Å². The quantitative estimate of drug-likeness (QED) is 0.774. The first kappa shape index (κ1) is 10.7. The van der Waals surface area contributed by atoms with E-state index in [1.54, 1.807) is 37.5 Å². The lowest BCUT2D eigenvalue weighted by Gasteiger charge is -2.11. The Balaban J connectivity index is 2.49. The van der Waals surface area contributed by atoms with E-state index in [2.05, 4.69) is 10.3 Å². The largest absolute Gasteiger partial charge is 0.677 e. The summed E-state index contributed by atoms with van der Waals surface area (Å²) in [6.45, 7) is 0. The van der Waals surface area contributed by atoms with Crippen molar-refractivity contribution in [2.75, 3.05) is 7.05 Å². The van der Waals surface area contributed by atoms with Gasteiger partial charge in [0.1, 0.15) is 0 Å². The van der Waals surface area contributed by atoms with E-state index in [4.69, 9.17) is 0 Å². The number of rotatable bonds is 3. The molecule has 1 aliphatic heterocycles. The number of aliphatic imine (C=N–C) groups is 1. The smallest absolute Gasteiger partial charge is 0.385 e. The van der Waals surface area contributed by atoms with E-state index in [1.807, 2.05) is 0 Å². The molecule has 0 aliphatic carbocycles. The fourth-order valence-corrected chi connectivity index (χ4v) is 1.61. The van der Waals surface area contributed by atoms with Crippen LogP contribution >= 0.6 is 0 Å². The molecule has 0 radical (unpaired) electrons. The van der Waals surface area contributed by atoms with Gasteiger partial charge in [0.25, 0.3) is 0 Å². The maximum absolute atomic E-state index is 12.7. The monoisotopic (exact) mass is 221 g/mol. The molecule has 3 nitrogen and oxygen atoms in total. The van der Waals surface area contributed by atoms with Gasteiger partial charge in [0.2, 0.25) is 0 Å². The number of nitrogens with zero attached hydrogens (tertiary/aromatic N) is 2. The number of nitrogens with one attached hydrogen (secondary N) is 1. The van der Waals surface area contributed by atoms with Crippen molar-refractivity contribution in [2.45, 2.75) is 0 Å². The van der Waals surface area contributed by atoms with Crippen LogP contribution in [0.15, 0.2) is 41.2 Å². The lowest BCUT2D eigenvalue weighted by atomic mass is 10.1. The van der Waals surface area contributed by atoms with Gasteiger partial charge in [-0.25, -0.2) is 0 Å². The highest BCUT2D eigenvalue weighted by Gasteiger charge is 2.21. The molecule has 1 aliphatic rings. The second kappa shape index (κ2) is 4.34. The van der Waals surface area contributed by atoms with Gasteiger partial charge in [-0.15, -0.1) is 0 Å². The van der Waals surface area contributed by atoms with Crippen molar-refractivity contribution in [3.8, 4) is 0 Å². The third-order valence-corrected chi connectivity index (χ3v) is 2.31. The molecule has 0 aromatic carbocycles. The molecule has 1 aromatic rings. The van der Waals surface area contributed by atoms with E-state index < -0.39 is 7.40 Å². The van der Waals surface area contributed by atoms with Gasteiger partial charge >= 0.3 is 7.40 Å². The minimum atomic E-state index is -2.55. The predicted molar refractivity (Wildman–Crippen MR) is 61.4 cm³/mol. The molecule has 2 rings (SSSR count). The topological polar surface area (TPSA) is 29.3 Å². The number of hydrogen-bond acceptors (Lipinski definition) is 2. The Kier molecular flexibility index (Phi) is 2.89. The molecule has 0 saturated heterocycles. The summed E-state index contributed by atoms with van der Waals surface area (Å²) in [6, 6.07) is 3.22. The van der Waals surface area contributed by atoms with Crippen molar-refractivity contribution in [1.29, 1.82) is 0 Å². The first-order valence-electron chi connectivity index (χ1n) is 4.82. The SMILES string of the molecule is CN/C(=C1\C=CC=N1)c1cccn1B(F)F. The molecular formula is C10H10BF2N3. The standard InChI is InChI=1S/C10H10BF2N3/c1-14-10(8-4-2-6-15-8)9-5-3-7-16(9)11(12)13/h2-7,14H,1H3/b10-8+. The van der Waals surface area contributed by atoms with E-state index >= 15 is 0 Å². The molecule has 0 fully saturated rings. The third kappa shape index (κ3) is 1.78. The highest BCUT2D eigenvalue weighted by atomic mass is 19.2. The third-order valence-electron chi connectivity index (χ3n) is 2.31. The highest BCUT2D eigenvalue weighted by molar-refractivity contribution is 6.41. The fraction of sp³-hybridized carbons (Fsp3) is 0.100. The maximum Gasteiger partial charge on any atom is 0.677 e. The summed E-state index contributed by atoms with van der Waals surface area (Å²) in [5.41, 5.74) is 1.68. The molecular weight excluding hydrogens is 211 g/mol. The van der Waals surface area contributed by atoms with Crippen molar-refractivity contribution in [3.05, 3.63) is 41.9 Å². The molecule has 0 unspecified atom stereocenters. The Labute approximate surface area is 92.4 Å². The van der Waals surface area contributed by atoms with Gasteiger partial charge in [-0.05, 0) is 30.5 Å². The zero-order chi connectivity index (χ0) is 11.5. The summed E-state index contributed by atoms with van der Waals surface area (Å²) in [5.74, 6) is 0. The summed E-state index contributed by atoms with van der Waals surface area (Å²) in [6.07, 6.45) is 6.51. The molecule has 0 atom stereocenters. The molecule has 6 heteroatoms. The summed E-state index contributed by atoms with van der Waals surface area (Å²) < 4.78 is 26.3. The van der Waals surface area contributed by atoms with E-state index in [9.17, 15) is 8.63 Å². The average Bonchev–Trinajstić information content (AvgIpc) is 2.88. The lowest BCUT2D eigenvalue weighted by molar-refractivity contribution is 0.627. The predicted octanol–water partition coefficient (Wildman–Crippen LogP) is 1.79. The van der Waals surface area contributed by atoms with Crippen molar-refractivity contribution in [3.63, 3.8) is 0 Å². The molecule has 16 heavy (non-hydrogen) atoms. The molecule has 1 aromatic heterocycles. The second-order valence-electron chi connectivity index (χ2n) is 3.23. The van der Waals surface area contributed by atoms with Gasteiger partial charge in [-0.2, -0.15) is 0 Å². The fourth-order valence-electron chi connectivity index (χ4n) is 1.61. The van der Waals surface area contributed by atoms with E-state index in [0.717, 1.165) is 4.48 Å².